The van der Waals surface area contributed by atoms with Gasteiger partial charge in [0.05, 0.1) is 5.41 Å². The molecular formula is C14H22N2O3. The van der Waals surface area contributed by atoms with Crippen molar-refractivity contribution in [2.24, 2.45) is 5.41 Å². The maximum absolute atomic E-state index is 12.1. The van der Waals surface area contributed by atoms with Crippen molar-refractivity contribution in [3.63, 3.8) is 0 Å². The molecule has 2 aliphatic rings. The molecule has 2 atom stereocenters. The minimum Gasteiger partial charge on any atom is -0.481 e. The molecule has 1 heterocycles. The van der Waals surface area contributed by atoms with E-state index >= 15 is 0 Å². The summed E-state index contributed by atoms with van der Waals surface area (Å²) in [4.78, 5) is 25.1. The predicted molar refractivity (Wildman–Crippen MR) is 71.9 cm³/mol. The van der Waals surface area contributed by atoms with Crippen LogP contribution in [0.3, 0.4) is 0 Å². The molecule has 5 heteroatoms. The normalized spacial score (nSPS) is 30.4. The first-order valence-corrected chi connectivity index (χ1v) is 7.01. The van der Waals surface area contributed by atoms with Gasteiger partial charge in [-0.25, -0.2) is 4.79 Å². The van der Waals surface area contributed by atoms with E-state index in [1.165, 1.54) is 0 Å². The van der Waals surface area contributed by atoms with E-state index in [1.807, 2.05) is 6.92 Å². The number of likely N-dealkylation sites (tertiary alicyclic amines) is 1. The number of urea groups is 1. The van der Waals surface area contributed by atoms with Gasteiger partial charge in [-0.3, -0.25) is 4.79 Å². The van der Waals surface area contributed by atoms with Crippen LogP contribution in [-0.2, 0) is 4.79 Å². The molecule has 5 nitrogen and oxygen atoms in total. The molecule has 2 N–H and O–H groups in total. The number of hydrogen-bond donors (Lipinski definition) is 2. The lowest BCUT2D eigenvalue weighted by atomic mass is 9.84. The van der Waals surface area contributed by atoms with Gasteiger partial charge in [-0.15, -0.1) is 0 Å². The monoisotopic (exact) mass is 266 g/mol. The molecule has 0 radical (unpaired) electrons. The molecule has 1 aliphatic heterocycles. The first-order valence-electron chi connectivity index (χ1n) is 7.01. The molecule has 0 aromatic rings. The Bertz CT molecular complexity index is 394. The second-order valence-electron chi connectivity index (χ2n) is 5.54. The first-order chi connectivity index (χ1) is 9.07. The first kappa shape index (κ1) is 13.9. The average Bonchev–Trinajstić information content (AvgIpc) is 2.86. The lowest BCUT2D eigenvalue weighted by molar-refractivity contribution is -0.148. The van der Waals surface area contributed by atoms with Crippen LogP contribution in [0.25, 0.3) is 0 Å². The number of allylic oxidation sites excluding steroid dienone is 1. The number of carbonyl (C=O) groups is 2. The Morgan fingerprint density at radius 1 is 1.47 bits per heavy atom. The fourth-order valence-corrected chi connectivity index (χ4v) is 2.85. The van der Waals surface area contributed by atoms with Crippen molar-refractivity contribution in [2.75, 3.05) is 13.1 Å². The van der Waals surface area contributed by atoms with Crippen LogP contribution < -0.4 is 5.32 Å². The van der Waals surface area contributed by atoms with Gasteiger partial charge < -0.3 is 15.3 Å². The highest BCUT2D eigenvalue weighted by atomic mass is 16.4. The smallest absolute Gasteiger partial charge is 0.317 e. The van der Waals surface area contributed by atoms with E-state index in [-0.39, 0.29) is 12.1 Å². The van der Waals surface area contributed by atoms with Crippen molar-refractivity contribution in [1.29, 1.82) is 0 Å². The summed E-state index contributed by atoms with van der Waals surface area (Å²) in [5.41, 5.74) is -0.746. The van der Waals surface area contributed by atoms with E-state index in [0.717, 1.165) is 19.3 Å². The Kier molecular flexibility index (Phi) is 4.12. The van der Waals surface area contributed by atoms with Gasteiger partial charge in [0.1, 0.15) is 0 Å². The van der Waals surface area contributed by atoms with Crippen molar-refractivity contribution >= 4 is 12.0 Å². The second-order valence-corrected chi connectivity index (χ2v) is 5.54. The number of hydrogen-bond acceptors (Lipinski definition) is 2. The molecule has 1 saturated heterocycles. The van der Waals surface area contributed by atoms with E-state index < -0.39 is 11.4 Å². The van der Waals surface area contributed by atoms with Gasteiger partial charge in [-0.05, 0) is 32.1 Å². The van der Waals surface area contributed by atoms with E-state index in [4.69, 9.17) is 0 Å². The standard InChI is InChI=1S/C14H22N2O3/c1-2-14(12(17)18)8-9-16(10-14)13(19)15-11-6-4-3-5-7-11/h3-4,11H,2,5-10H2,1H3,(H,15,19)(H,17,18). The third-order valence-corrected chi connectivity index (χ3v) is 4.37. The summed E-state index contributed by atoms with van der Waals surface area (Å²) in [5.74, 6) is -0.786. The van der Waals surface area contributed by atoms with Crippen LogP contribution in [0, 0.1) is 5.41 Å². The van der Waals surface area contributed by atoms with E-state index in [2.05, 4.69) is 17.5 Å². The molecule has 1 aliphatic carbocycles. The predicted octanol–water partition coefficient (Wildman–Crippen LogP) is 1.99. The van der Waals surface area contributed by atoms with Gasteiger partial charge in [-0.1, -0.05) is 19.1 Å². The van der Waals surface area contributed by atoms with E-state index in [0.29, 0.717) is 25.9 Å². The van der Waals surface area contributed by atoms with E-state index in [1.54, 1.807) is 4.90 Å². The Morgan fingerprint density at radius 2 is 2.26 bits per heavy atom. The molecule has 2 amide bonds. The van der Waals surface area contributed by atoms with Crippen molar-refractivity contribution < 1.29 is 14.7 Å². The van der Waals surface area contributed by atoms with Gasteiger partial charge >= 0.3 is 12.0 Å². The van der Waals surface area contributed by atoms with Crippen LogP contribution in [0.15, 0.2) is 12.2 Å². The van der Waals surface area contributed by atoms with Crippen LogP contribution in [0.2, 0.25) is 0 Å². The highest BCUT2D eigenvalue weighted by Crippen LogP contribution is 2.34. The number of carboxylic acids is 1. The van der Waals surface area contributed by atoms with Crippen molar-refractivity contribution in [3.05, 3.63) is 12.2 Å². The minimum absolute atomic E-state index is 0.114. The molecule has 0 aromatic heterocycles. The molecule has 0 aromatic carbocycles. The van der Waals surface area contributed by atoms with Crippen molar-refractivity contribution in [2.45, 2.75) is 45.1 Å². The second kappa shape index (κ2) is 5.63. The lowest BCUT2D eigenvalue weighted by Gasteiger charge is -2.26. The SMILES string of the molecule is CCC1(C(=O)O)CCN(C(=O)NC2CC=CCC2)C1. The summed E-state index contributed by atoms with van der Waals surface area (Å²) in [6.07, 6.45) is 8.18. The quantitative estimate of drug-likeness (QED) is 0.767. The zero-order valence-electron chi connectivity index (χ0n) is 11.4. The fourth-order valence-electron chi connectivity index (χ4n) is 2.85. The molecular weight excluding hydrogens is 244 g/mol. The maximum Gasteiger partial charge on any atom is 0.317 e. The fraction of sp³-hybridized carbons (Fsp3) is 0.714. The number of carbonyl (C=O) groups excluding carboxylic acids is 1. The largest absolute Gasteiger partial charge is 0.481 e. The number of rotatable bonds is 3. The molecule has 19 heavy (non-hydrogen) atoms. The Labute approximate surface area is 113 Å². The van der Waals surface area contributed by atoms with E-state index in [9.17, 15) is 14.7 Å². The molecule has 0 spiro atoms. The summed E-state index contributed by atoms with van der Waals surface area (Å²) in [6, 6.07) is 0.0795. The Balaban J connectivity index is 1.91. The number of carboxylic acid groups (broad SMARTS) is 1. The number of nitrogens with zero attached hydrogens (tertiary/aromatic N) is 1. The molecule has 2 rings (SSSR count). The van der Waals surface area contributed by atoms with Gasteiger partial charge in [0.2, 0.25) is 0 Å². The molecule has 2 unspecified atom stereocenters. The molecule has 1 fully saturated rings. The van der Waals surface area contributed by atoms with Gasteiger partial charge in [0.25, 0.3) is 0 Å². The summed E-state index contributed by atoms with van der Waals surface area (Å²) in [6.45, 7) is 2.74. The van der Waals surface area contributed by atoms with Gasteiger partial charge in [0.15, 0.2) is 0 Å². The summed E-state index contributed by atoms with van der Waals surface area (Å²) < 4.78 is 0. The van der Waals surface area contributed by atoms with Gasteiger partial charge in [-0.2, -0.15) is 0 Å². The zero-order chi connectivity index (χ0) is 13.9. The topological polar surface area (TPSA) is 69.6 Å². The van der Waals surface area contributed by atoms with Crippen molar-refractivity contribution in [1.82, 2.24) is 10.2 Å². The summed E-state index contributed by atoms with van der Waals surface area (Å²) in [7, 11) is 0. The van der Waals surface area contributed by atoms with Crippen LogP contribution in [0.4, 0.5) is 4.79 Å². The third-order valence-electron chi connectivity index (χ3n) is 4.37. The number of aliphatic carboxylic acids is 1. The highest BCUT2D eigenvalue weighted by molar-refractivity contribution is 5.79. The lowest BCUT2D eigenvalue weighted by Crippen LogP contribution is -2.45. The Morgan fingerprint density at radius 3 is 2.79 bits per heavy atom. The third kappa shape index (κ3) is 2.91. The van der Waals surface area contributed by atoms with Gasteiger partial charge in [0, 0.05) is 19.1 Å². The molecule has 0 bridgehead atoms. The highest BCUT2D eigenvalue weighted by Gasteiger charge is 2.44. The van der Waals surface area contributed by atoms with Crippen LogP contribution in [0.1, 0.15) is 39.0 Å². The summed E-state index contributed by atoms with van der Waals surface area (Å²) >= 11 is 0. The molecule has 106 valence electrons. The minimum atomic E-state index is -0.786. The van der Waals surface area contributed by atoms with Crippen molar-refractivity contribution in [3.8, 4) is 0 Å². The average molecular weight is 266 g/mol. The van der Waals surface area contributed by atoms with Crippen LogP contribution in [-0.4, -0.2) is 41.1 Å². The number of amides is 2. The molecule has 0 saturated carbocycles. The van der Waals surface area contributed by atoms with Crippen LogP contribution in [0.5, 0.6) is 0 Å². The maximum atomic E-state index is 12.1. The number of nitrogens with one attached hydrogen (secondary N) is 1. The summed E-state index contributed by atoms with van der Waals surface area (Å²) in [5, 5.41) is 12.3. The Hall–Kier alpha value is -1.52. The zero-order valence-corrected chi connectivity index (χ0v) is 11.4. The van der Waals surface area contributed by atoms with Crippen LogP contribution >= 0.6 is 0 Å².